The standard InChI is InChI=1S/C72H131NO10/c1-4-7-10-13-16-19-22-25-27-29-30-31-32-33-34-35-36-37-39-42-45-48-51-54-57-60-67(77)83-70-69(79)68(78)66(61-74)82-72(70)81-62-63(64(75)58-55-52-49-46-43-40-24-21-18-15-12-9-6-3)73-71(80)65(76)59-56-53-50-47-44-41-38-28-26-23-20-17-14-11-8-5-2/h16,19,25-28,30-31,55,58,63-66,68-70,72,74-76,78-79H,4-15,17-18,20-24,29,32-54,56-57,59-62H2,1-3H3,(H,73,80)/b19-16-,27-25-,28-26+,31-30-,58-55+. The van der Waals surface area contributed by atoms with Gasteiger partial charge in [0.1, 0.15) is 24.4 Å². The molecule has 484 valence electrons. The molecule has 0 saturated carbocycles. The highest BCUT2D eigenvalue weighted by molar-refractivity contribution is 5.80. The van der Waals surface area contributed by atoms with Gasteiger partial charge in [-0.05, 0) is 89.9 Å². The Morgan fingerprint density at radius 3 is 1.28 bits per heavy atom. The van der Waals surface area contributed by atoms with Crippen LogP contribution in [0.3, 0.4) is 0 Å². The number of amides is 1. The number of carbonyl (C=O) groups is 2. The zero-order chi connectivity index (χ0) is 60.3. The van der Waals surface area contributed by atoms with Crippen molar-refractivity contribution in [1.82, 2.24) is 5.32 Å². The van der Waals surface area contributed by atoms with Crippen molar-refractivity contribution in [2.24, 2.45) is 0 Å². The number of nitrogens with one attached hydrogen (secondary N) is 1. The minimum absolute atomic E-state index is 0.121. The fourth-order valence-corrected chi connectivity index (χ4v) is 10.8. The summed E-state index contributed by atoms with van der Waals surface area (Å²) in [6.07, 6.45) is 65.4. The fraction of sp³-hybridized carbons (Fsp3) is 0.833. The molecule has 8 unspecified atom stereocenters. The number of aliphatic hydroxyl groups is 5. The molecule has 1 fully saturated rings. The lowest BCUT2D eigenvalue weighted by molar-refractivity contribution is -0.305. The van der Waals surface area contributed by atoms with Crippen molar-refractivity contribution >= 4 is 11.9 Å². The van der Waals surface area contributed by atoms with Crippen LogP contribution < -0.4 is 5.32 Å². The zero-order valence-electron chi connectivity index (χ0n) is 53.8. The monoisotopic (exact) mass is 1170 g/mol. The van der Waals surface area contributed by atoms with Gasteiger partial charge in [-0.3, -0.25) is 9.59 Å². The van der Waals surface area contributed by atoms with Gasteiger partial charge in [-0.2, -0.15) is 0 Å². The Morgan fingerprint density at radius 1 is 0.470 bits per heavy atom. The normalized spacial score (nSPS) is 18.9. The van der Waals surface area contributed by atoms with Gasteiger partial charge < -0.3 is 45.1 Å². The molecule has 1 saturated heterocycles. The Hall–Kier alpha value is -2.64. The summed E-state index contributed by atoms with van der Waals surface area (Å²) in [5.74, 6) is -1.19. The number of esters is 1. The van der Waals surface area contributed by atoms with Crippen LogP contribution in [0.25, 0.3) is 0 Å². The average Bonchev–Trinajstić information content (AvgIpc) is 3.58. The van der Waals surface area contributed by atoms with Gasteiger partial charge in [0.25, 0.3) is 0 Å². The summed E-state index contributed by atoms with van der Waals surface area (Å²) in [6, 6.07) is -1.03. The van der Waals surface area contributed by atoms with Crippen molar-refractivity contribution in [1.29, 1.82) is 0 Å². The number of aliphatic hydroxyl groups excluding tert-OH is 5. The molecule has 8 atom stereocenters. The van der Waals surface area contributed by atoms with Crippen LogP contribution >= 0.6 is 0 Å². The minimum Gasteiger partial charge on any atom is -0.454 e. The summed E-state index contributed by atoms with van der Waals surface area (Å²) in [5.41, 5.74) is 0. The number of rotatable bonds is 60. The summed E-state index contributed by atoms with van der Waals surface area (Å²) < 4.78 is 17.7. The van der Waals surface area contributed by atoms with E-state index in [1.165, 1.54) is 193 Å². The summed E-state index contributed by atoms with van der Waals surface area (Å²) in [7, 11) is 0. The molecule has 1 aliphatic heterocycles. The molecule has 1 heterocycles. The van der Waals surface area contributed by atoms with Crippen molar-refractivity contribution in [3.05, 3.63) is 60.8 Å². The largest absolute Gasteiger partial charge is 0.454 e. The molecule has 0 aromatic rings. The Balaban J connectivity index is 2.58. The van der Waals surface area contributed by atoms with Gasteiger partial charge in [0.15, 0.2) is 12.4 Å². The van der Waals surface area contributed by atoms with Crippen molar-refractivity contribution in [2.45, 2.75) is 372 Å². The predicted molar refractivity (Wildman–Crippen MR) is 347 cm³/mol. The highest BCUT2D eigenvalue weighted by atomic mass is 16.7. The molecule has 0 spiro atoms. The molecule has 11 nitrogen and oxygen atoms in total. The third kappa shape index (κ3) is 47.2. The molecule has 0 aromatic heterocycles. The topological polar surface area (TPSA) is 175 Å². The zero-order valence-corrected chi connectivity index (χ0v) is 53.8. The lowest BCUT2D eigenvalue weighted by atomic mass is 9.99. The number of hydrogen-bond donors (Lipinski definition) is 6. The molecule has 0 aromatic carbocycles. The maximum Gasteiger partial charge on any atom is 0.306 e. The number of unbranched alkanes of at least 4 members (excludes halogenated alkanes) is 38. The van der Waals surface area contributed by atoms with E-state index in [9.17, 15) is 35.1 Å². The van der Waals surface area contributed by atoms with Crippen LogP contribution in [0.5, 0.6) is 0 Å². The fourth-order valence-electron chi connectivity index (χ4n) is 10.8. The molecule has 0 radical (unpaired) electrons. The molecular weight excluding hydrogens is 1040 g/mol. The first-order valence-corrected chi connectivity index (χ1v) is 35.1. The second-order valence-electron chi connectivity index (χ2n) is 24.3. The van der Waals surface area contributed by atoms with E-state index in [-0.39, 0.29) is 19.4 Å². The Morgan fingerprint density at radius 2 is 0.831 bits per heavy atom. The maximum atomic E-state index is 13.5. The molecule has 0 aliphatic carbocycles. The smallest absolute Gasteiger partial charge is 0.306 e. The van der Waals surface area contributed by atoms with Crippen molar-refractivity contribution in [3.8, 4) is 0 Å². The van der Waals surface area contributed by atoms with Gasteiger partial charge in [-0.15, -0.1) is 0 Å². The molecule has 11 heteroatoms. The Bertz CT molecular complexity index is 1580. The first-order chi connectivity index (χ1) is 40.7. The van der Waals surface area contributed by atoms with E-state index >= 15 is 0 Å². The van der Waals surface area contributed by atoms with Crippen molar-refractivity contribution < 1.29 is 49.3 Å². The maximum absolute atomic E-state index is 13.5. The molecule has 1 rings (SSSR count). The lowest BCUT2D eigenvalue weighted by Crippen LogP contribution is -2.61. The highest BCUT2D eigenvalue weighted by Gasteiger charge is 2.47. The summed E-state index contributed by atoms with van der Waals surface area (Å²) in [4.78, 5) is 26.7. The second kappa shape index (κ2) is 59.7. The van der Waals surface area contributed by atoms with E-state index in [0.29, 0.717) is 12.8 Å². The van der Waals surface area contributed by atoms with Gasteiger partial charge in [0.05, 0.1) is 25.4 Å². The number of ether oxygens (including phenoxy) is 3. The first kappa shape index (κ1) is 78.4. The number of hydrogen-bond acceptors (Lipinski definition) is 10. The SMILES string of the molecule is CCCCC/C=C\C/C=C\C/C=C\CCCCCCCCCCCCCCC(=O)OC1C(OCC(NC(=O)C(O)CCCCCCCC/C=C/CCCCCCCC)C(O)/C=C/CCCCCCCCCCCCC)OC(CO)C(O)C1O. The van der Waals surface area contributed by atoms with E-state index in [1.807, 2.05) is 6.08 Å². The third-order valence-corrected chi connectivity index (χ3v) is 16.4. The molecular formula is C72H131NO10. The van der Waals surface area contributed by atoms with Crippen LogP contribution in [0.4, 0.5) is 0 Å². The summed E-state index contributed by atoms with van der Waals surface area (Å²) >= 11 is 0. The number of carbonyl (C=O) groups excluding carboxylic acids is 2. The van der Waals surface area contributed by atoms with E-state index in [1.54, 1.807) is 6.08 Å². The van der Waals surface area contributed by atoms with Crippen LogP contribution in [0.1, 0.15) is 323 Å². The molecule has 6 N–H and O–H groups in total. The lowest BCUT2D eigenvalue weighted by Gasteiger charge is -2.41. The van der Waals surface area contributed by atoms with E-state index in [0.717, 1.165) is 83.5 Å². The van der Waals surface area contributed by atoms with Crippen LogP contribution in [0, 0.1) is 0 Å². The molecule has 1 aliphatic rings. The summed E-state index contributed by atoms with van der Waals surface area (Å²) in [5, 5.41) is 57.2. The van der Waals surface area contributed by atoms with E-state index in [4.69, 9.17) is 14.2 Å². The Labute approximate surface area is 509 Å². The van der Waals surface area contributed by atoms with Crippen LogP contribution in [-0.2, 0) is 23.8 Å². The second-order valence-corrected chi connectivity index (χ2v) is 24.3. The van der Waals surface area contributed by atoms with Gasteiger partial charge in [-0.1, -0.05) is 287 Å². The summed E-state index contributed by atoms with van der Waals surface area (Å²) in [6.45, 7) is 5.79. The molecule has 0 bridgehead atoms. The Kier molecular flexibility index (Phi) is 56.4. The third-order valence-electron chi connectivity index (χ3n) is 16.4. The van der Waals surface area contributed by atoms with Crippen molar-refractivity contribution in [3.63, 3.8) is 0 Å². The van der Waals surface area contributed by atoms with Gasteiger partial charge >= 0.3 is 5.97 Å². The molecule has 83 heavy (non-hydrogen) atoms. The predicted octanol–water partition coefficient (Wildman–Crippen LogP) is 17.7. The van der Waals surface area contributed by atoms with Crippen LogP contribution in [-0.4, -0.2) is 99.6 Å². The highest BCUT2D eigenvalue weighted by Crippen LogP contribution is 2.26. The first-order valence-electron chi connectivity index (χ1n) is 35.1. The van der Waals surface area contributed by atoms with Gasteiger partial charge in [0, 0.05) is 6.42 Å². The quantitative estimate of drug-likeness (QED) is 0.0195. The van der Waals surface area contributed by atoms with Crippen LogP contribution in [0.15, 0.2) is 60.8 Å². The molecule has 1 amide bonds. The number of allylic oxidation sites excluding steroid dienone is 9. The minimum atomic E-state index is -1.62. The van der Waals surface area contributed by atoms with Crippen molar-refractivity contribution in [2.75, 3.05) is 13.2 Å². The van der Waals surface area contributed by atoms with E-state index < -0.39 is 67.4 Å². The van der Waals surface area contributed by atoms with E-state index in [2.05, 4.69) is 74.7 Å². The average molecular weight is 1170 g/mol. The van der Waals surface area contributed by atoms with Gasteiger partial charge in [-0.25, -0.2) is 0 Å². The van der Waals surface area contributed by atoms with Crippen LogP contribution in [0.2, 0.25) is 0 Å². The van der Waals surface area contributed by atoms with Gasteiger partial charge in [0.2, 0.25) is 5.91 Å².